The van der Waals surface area contributed by atoms with Crippen molar-refractivity contribution in [3.8, 4) is 5.75 Å². The van der Waals surface area contributed by atoms with Crippen molar-refractivity contribution in [1.82, 2.24) is 9.73 Å². The van der Waals surface area contributed by atoms with E-state index in [1.54, 1.807) is 19.2 Å². The lowest BCUT2D eigenvalue weighted by Gasteiger charge is -2.26. The molecule has 0 radical (unpaired) electrons. The summed E-state index contributed by atoms with van der Waals surface area (Å²) in [6, 6.07) is 13.1. The third-order valence-electron chi connectivity index (χ3n) is 4.18. The summed E-state index contributed by atoms with van der Waals surface area (Å²) in [5.41, 5.74) is 3.36. The van der Waals surface area contributed by atoms with Crippen LogP contribution in [0.15, 0.2) is 58.5 Å². The lowest BCUT2D eigenvalue weighted by atomic mass is 10.2. The predicted octanol–water partition coefficient (Wildman–Crippen LogP) is 1.48. The number of hydrogen-bond donors (Lipinski definition) is 1. The van der Waals surface area contributed by atoms with E-state index in [1.807, 2.05) is 12.1 Å². The number of hydrazone groups is 1. The second kappa shape index (κ2) is 8.96. The van der Waals surface area contributed by atoms with E-state index in [-0.39, 0.29) is 10.5 Å². The van der Waals surface area contributed by atoms with Gasteiger partial charge >= 0.3 is 0 Å². The Morgan fingerprint density at radius 3 is 2.68 bits per heavy atom. The van der Waals surface area contributed by atoms with E-state index < -0.39 is 15.9 Å². The molecule has 1 N–H and O–H groups in total. The second-order valence-corrected chi connectivity index (χ2v) is 7.96. The van der Waals surface area contributed by atoms with Gasteiger partial charge in [-0.15, -0.1) is 0 Å². The van der Waals surface area contributed by atoms with Gasteiger partial charge in [0.15, 0.2) is 0 Å². The number of nitrogens with one attached hydrogen (secondary N) is 1. The van der Waals surface area contributed by atoms with Crippen LogP contribution in [0.1, 0.15) is 15.9 Å². The lowest BCUT2D eigenvalue weighted by molar-refractivity contribution is 0.0730. The third kappa shape index (κ3) is 4.75. The first-order valence-corrected chi connectivity index (χ1v) is 10.1. The van der Waals surface area contributed by atoms with Crippen LogP contribution in [0.4, 0.5) is 0 Å². The van der Waals surface area contributed by atoms with Gasteiger partial charge in [-0.05, 0) is 35.9 Å². The van der Waals surface area contributed by atoms with Crippen molar-refractivity contribution in [2.45, 2.75) is 4.90 Å². The quantitative estimate of drug-likeness (QED) is 0.582. The number of carbonyl (C=O) groups excluding carboxylic acids is 1. The molecule has 0 saturated carbocycles. The smallest absolute Gasteiger partial charge is 0.271 e. The number of benzene rings is 2. The Labute approximate surface area is 163 Å². The summed E-state index contributed by atoms with van der Waals surface area (Å²) in [5, 5.41) is 3.92. The summed E-state index contributed by atoms with van der Waals surface area (Å²) in [5.74, 6) is 0.175. The monoisotopic (exact) mass is 403 g/mol. The molecule has 1 amide bonds. The summed E-state index contributed by atoms with van der Waals surface area (Å²) in [4.78, 5) is 12.4. The summed E-state index contributed by atoms with van der Waals surface area (Å²) in [6.45, 7) is 1.31. The van der Waals surface area contributed by atoms with Gasteiger partial charge in [-0.3, -0.25) is 4.79 Å². The molecule has 8 nitrogen and oxygen atoms in total. The topological polar surface area (TPSA) is 97.3 Å². The molecule has 1 fully saturated rings. The zero-order chi connectivity index (χ0) is 20.0. The highest BCUT2D eigenvalue weighted by Crippen LogP contribution is 2.18. The number of methoxy groups -OCH3 is 1. The minimum atomic E-state index is -3.67. The van der Waals surface area contributed by atoms with Gasteiger partial charge in [0.1, 0.15) is 5.75 Å². The molecule has 0 aliphatic carbocycles. The Morgan fingerprint density at radius 2 is 1.93 bits per heavy atom. The molecule has 148 valence electrons. The summed E-state index contributed by atoms with van der Waals surface area (Å²) >= 11 is 0. The largest absolute Gasteiger partial charge is 0.497 e. The Kier molecular flexibility index (Phi) is 6.40. The molecule has 3 rings (SSSR count). The Hall–Kier alpha value is -2.75. The lowest BCUT2D eigenvalue weighted by Crippen LogP contribution is -2.40. The number of hydrogen-bond acceptors (Lipinski definition) is 6. The highest BCUT2D eigenvalue weighted by Gasteiger charge is 2.26. The van der Waals surface area contributed by atoms with Crippen LogP contribution in [-0.4, -0.2) is 58.3 Å². The number of rotatable bonds is 6. The molecule has 1 aliphatic heterocycles. The maximum absolute atomic E-state index is 12.7. The molecule has 0 bridgehead atoms. The minimum absolute atomic E-state index is 0.0684. The molecular formula is C19H21N3O5S. The first-order chi connectivity index (χ1) is 13.5. The van der Waals surface area contributed by atoms with Gasteiger partial charge in [0, 0.05) is 18.7 Å². The van der Waals surface area contributed by atoms with Crippen molar-refractivity contribution >= 4 is 22.1 Å². The van der Waals surface area contributed by atoms with E-state index in [1.165, 1.54) is 34.8 Å². The van der Waals surface area contributed by atoms with Gasteiger partial charge in [0.25, 0.3) is 5.91 Å². The molecule has 28 heavy (non-hydrogen) atoms. The first kappa shape index (κ1) is 20.0. The number of morpholine rings is 1. The van der Waals surface area contributed by atoms with Crippen molar-refractivity contribution in [2.24, 2.45) is 5.10 Å². The number of amides is 1. The second-order valence-electron chi connectivity index (χ2n) is 6.02. The van der Waals surface area contributed by atoms with Crippen LogP contribution in [0.2, 0.25) is 0 Å². The SMILES string of the molecule is COc1cccc(/C=N\NC(=O)c2cccc(S(=O)(=O)N3CCOCC3)c2)c1. The molecule has 0 unspecified atom stereocenters. The van der Waals surface area contributed by atoms with Crippen molar-refractivity contribution in [3.05, 3.63) is 59.7 Å². The number of ether oxygens (including phenoxy) is 2. The van der Waals surface area contributed by atoms with Gasteiger partial charge in [0.2, 0.25) is 10.0 Å². The zero-order valence-corrected chi connectivity index (χ0v) is 16.2. The number of sulfonamides is 1. The molecule has 1 heterocycles. The van der Waals surface area contributed by atoms with Gasteiger partial charge in [-0.1, -0.05) is 18.2 Å². The highest BCUT2D eigenvalue weighted by atomic mass is 32.2. The van der Waals surface area contributed by atoms with E-state index in [0.29, 0.717) is 32.1 Å². The highest BCUT2D eigenvalue weighted by molar-refractivity contribution is 7.89. The molecule has 1 aliphatic rings. The standard InChI is InChI=1S/C19H21N3O5S/c1-26-17-6-2-4-15(12-17)14-20-21-19(23)16-5-3-7-18(13-16)28(24,25)22-8-10-27-11-9-22/h2-7,12-14H,8-11H2,1H3,(H,21,23)/b20-14-. The van der Waals surface area contributed by atoms with Crippen molar-refractivity contribution in [3.63, 3.8) is 0 Å². The summed E-state index contributed by atoms with van der Waals surface area (Å²) < 4.78 is 37.1. The Balaban J connectivity index is 1.70. The molecular weight excluding hydrogens is 382 g/mol. The Morgan fingerprint density at radius 1 is 1.18 bits per heavy atom. The van der Waals surface area contributed by atoms with E-state index >= 15 is 0 Å². The van der Waals surface area contributed by atoms with Crippen molar-refractivity contribution in [1.29, 1.82) is 0 Å². The van der Waals surface area contributed by atoms with E-state index in [4.69, 9.17) is 9.47 Å². The van der Waals surface area contributed by atoms with Crippen LogP contribution in [0.3, 0.4) is 0 Å². The fourth-order valence-electron chi connectivity index (χ4n) is 2.69. The van der Waals surface area contributed by atoms with Gasteiger partial charge < -0.3 is 9.47 Å². The van der Waals surface area contributed by atoms with Crippen molar-refractivity contribution in [2.75, 3.05) is 33.4 Å². The van der Waals surface area contributed by atoms with Gasteiger partial charge in [0.05, 0.1) is 31.4 Å². The maximum atomic E-state index is 12.7. The van der Waals surface area contributed by atoms with Crippen LogP contribution < -0.4 is 10.2 Å². The fourth-order valence-corrected chi connectivity index (χ4v) is 4.14. The van der Waals surface area contributed by atoms with Crippen LogP contribution >= 0.6 is 0 Å². The summed E-state index contributed by atoms with van der Waals surface area (Å²) in [7, 11) is -2.10. The average Bonchev–Trinajstić information content (AvgIpc) is 2.74. The maximum Gasteiger partial charge on any atom is 0.271 e. The third-order valence-corrected chi connectivity index (χ3v) is 6.07. The van der Waals surface area contributed by atoms with Crippen LogP contribution in [0, 0.1) is 0 Å². The molecule has 9 heteroatoms. The fraction of sp³-hybridized carbons (Fsp3) is 0.263. The van der Waals surface area contributed by atoms with Gasteiger partial charge in [-0.2, -0.15) is 9.41 Å². The molecule has 1 saturated heterocycles. The van der Waals surface area contributed by atoms with Crippen LogP contribution in [-0.2, 0) is 14.8 Å². The molecule has 0 spiro atoms. The van der Waals surface area contributed by atoms with Crippen molar-refractivity contribution < 1.29 is 22.7 Å². The van der Waals surface area contributed by atoms with Crippen LogP contribution in [0.25, 0.3) is 0 Å². The Bertz CT molecular complexity index is 969. The molecule has 0 aromatic heterocycles. The normalized spacial score (nSPS) is 15.5. The van der Waals surface area contributed by atoms with Gasteiger partial charge in [-0.25, -0.2) is 13.8 Å². The molecule has 0 atom stereocenters. The number of nitrogens with zero attached hydrogens (tertiary/aromatic N) is 2. The van der Waals surface area contributed by atoms with E-state index in [2.05, 4.69) is 10.5 Å². The first-order valence-electron chi connectivity index (χ1n) is 8.66. The number of carbonyl (C=O) groups is 1. The van der Waals surface area contributed by atoms with E-state index in [9.17, 15) is 13.2 Å². The van der Waals surface area contributed by atoms with Crippen LogP contribution in [0.5, 0.6) is 5.75 Å². The molecule has 2 aromatic rings. The zero-order valence-electron chi connectivity index (χ0n) is 15.4. The average molecular weight is 403 g/mol. The molecule has 2 aromatic carbocycles. The summed E-state index contributed by atoms with van der Waals surface area (Å²) in [6.07, 6.45) is 1.48. The minimum Gasteiger partial charge on any atom is -0.497 e. The predicted molar refractivity (Wildman–Crippen MR) is 104 cm³/mol. The van der Waals surface area contributed by atoms with E-state index in [0.717, 1.165) is 5.56 Å².